The fourth-order valence-electron chi connectivity index (χ4n) is 4.23. The summed E-state index contributed by atoms with van der Waals surface area (Å²) in [4.78, 5) is 13.6. The van der Waals surface area contributed by atoms with Gasteiger partial charge in [0.05, 0.1) is 17.6 Å². The molecular formula is C20H30N8. The Balaban J connectivity index is 1.25. The summed E-state index contributed by atoms with van der Waals surface area (Å²) in [5.41, 5.74) is 13.0. The number of pyridine rings is 1. The third kappa shape index (κ3) is 4.51. The molecule has 2 saturated heterocycles. The summed E-state index contributed by atoms with van der Waals surface area (Å²) in [6.45, 7) is 5.95. The molecule has 0 unspecified atom stereocenters. The zero-order chi connectivity index (χ0) is 19.3. The smallest absolute Gasteiger partial charge is 0.241 e. The van der Waals surface area contributed by atoms with Crippen LogP contribution >= 0.6 is 0 Å². The van der Waals surface area contributed by atoms with E-state index in [0.717, 1.165) is 24.0 Å². The van der Waals surface area contributed by atoms with Crippen LogP contribution in [0.5, 0.6) is 0 Å². The van der Waals surface area contributed by atoms with Gasteiger partial charge in [-0.05, 0) is 70.1 Å². The van der Waals surface area contributed by atoms with Crippen molar-refractivity contribution in [3.05, 3.63) is 30.1 Å². The minimum absolute atomic E-state index is 0.158. The predicted molar refractivity (Wildman–Crippen MR) is 112 cm³/mol. The Bertz CT molecular complexity index is 783. The van der Waals surface area contributed by atoms with Crippen LogP contribution in [0.1, 0.15) is 37.8 Å². The molecule has 28 heavy (non-hydrogen) atoms. The number of nitrogen functional groups attached to an aromatic ring is 2. The van der Waals surface area contributed by atoms with Gasteiger partial charge in [-0.3, -0.25) is 9.88 Å². The Morgan fingerprint density at radius 2 is 1.82 bits per heavy atom. The molecule has 0 bridgehead atoms. The van der Waals surface area contributed by atoms with E-state index in [9.17, 15) is 0 Å². The quantitative estimate of drug-likeness (QED) is 0.813. The van der Waals surface area contributed by atoms with Gasteiger partial charge in [0, 0.05) is 12.6 Å². The molecule has 0 aromatic carbocycles. The van der Waals surface area contributed by atoms with Gasteiger partial charge in [-0.25, -0.2) is 0 Å². The van der Waals surface area contributed by atoms with Gasteiger partial charge in [0.25, 0.3) is 0 Å². The Morgan fingerprint density at radius 3 is 2.46 bits per heavy atom. The molecule has 4 rings (SSSR count). The second-order valence-electron chi connectivity index (χ2n) is 7.71. The summed E-state index contributed by atoms with van der Waals surface area (Å²) < 4.78 is 1.49. The number of aromatic nitrogens is 4. The molecule has 0 amide bonds. The average molecular weight is 383 g/mol. The zero-order valence-electron chi connectivity index (χ0n) is 16.4. The van der Waals surface area contributed by atoms with Crippen molar-refractivity contribution < 1.29 is 0 Å². The first kappa shape index (κ1) is 18.9. The molecule has 8 nitrogen and oxygen atoms in total. The number of nitrogens with zero attached hydrogens (tertiary/aromatic N) is 6. The van der Waals surface area contributed by atoms with E-state index >= 15 is 0 Å². The fraction of sp³-hybridized carbons (Fsp3) is 0.550. The maximum atomic E-state index is 5.79. The summed E-state index contributed by atoms with van der Waals surface area (Å²) in [6.07, 6.45) is 12.8. The number of nitrogens with two attached hydrogens (primary N) is 2. The molecular weight excluding hydrogens is 352 g/mol. The van der Waals surface area contributed by atoms with E-state index in [-0.39, 0.29) is 11.9 Å². The number of hydrogen-bond acceptors (Lipinski definition) is 7. The van der Waals surface area contributed by atoms with Crippen LogP contribution in [0.25, 0.3) is 11.8 Å². The summed E-state index contributed by atoms with van der Waals surface area (Å²) in [6, 6.07) is 4.67. The highest BCUT2D eigenvalue weighted by molar-refractivity contribution is 5.48. The van der Waals surface area contributed by atoms with Gasteiger partial charge in [0.2, 0.25) is 11.9 Å². The van der Waals surface area contributed by atoms with Gasteiger partial charge in [0.15, 0.2) is 0 Å². The van der Waals surface area contributed by atoms with E-state index in [4.69, 9.17) is 11.5 Å². The molecule has 4 heterocycles. The maximum Gasteiger partial charge on any atom is 0.241 e. The van der Waals surface area contributed by atoms with Crippen molar-refractivity contribution in [2.75, 3.05) is 44.2 Å². The van der Waals surface area contributed by atoms with Gasteiger partial charge in [-0.1, -0.05) is 12.5 Å². The second kappa shape index (κ2) is 8.70. The summed E-state index contributed by atoms with van der Waals surface area (Å²) >= 11 is 0. The van der Waals surface area contributed by atoms with Crippen molar-refractivity contribution in [3.63, 3.8) is 0 Å². The number of likely N-dealkylation sites (tertiary alicyclic amines) is 2. The van der Waals surface area contributed by atoms with Crippen LogP contribution in [0.4, 0.5) is 11.9 Å². The molecule has 150 valence electrons. The van der Waals surface area contributed by atoms with Gasteiger partial charge < -0.3 is 16.4 Å². The Hall–Kier alpha value is -2.45. The minimum Gasteiger partial charge on any atom is -0.368 e. The second-order valence-corrected chi connectivity index (χ2v) is 7.71. The molecule has 2 aliphatic rings. The van der Waals surface area contributed by atoms with Crippen molar-refractivity contribution in [1.29, 1.82) is 0 Å². The lowest BCUT2D eigenvalue weighted by atomic mass is 10.00. The molecule has 8 heteroatoms. The number of anilines is 2. The van der Waals surface area contributed by atoms with Crippen LogP contribution in [0.3, 0.4) is 0 Å². The molecule has 2 aromatic heterocycles. The van der Waals surface area contributed by atoms with Crippen molar-refractivity contribution in [2.45, 2.75) is 38.1 Å². The fourth-order valence-corrected chi connectivity index (χ4v) is 4.23. The topological polar surface area (TPSA) is 102 Å². The van der Waals surface area contributed by atoms with Crippen molar-refractivity contribution in [1.82, 2.24) is 29.5 Å². The molecule has 2 aliphatic heterocycles. The summed E-state index contributed by atoms with van der Waals surface area (Å²) in [7, 11) is 0. The highest BCUT2D eigenvalue weighted by Gasteiger charge is 2.24. The minimum atomic E-state index is 0.158. The first-order valence-corrected chi connectivity index (χ1v) is 10.3. The monoisotopic (exact) mass is 382 g/mol. The van der Waals surface area contributed by atoms with E-state index in [2.05, 4.69) is 37.0 Å². The standard InChI is InChI=1S/C20H30N8/c21-19-24-20(22)28(25-19)18-7-6-16(23-15-18)5-4-10-26-13-8-17(9-14-26)27-11-2-1-3-12-27/h4-7,15,17H,1-3,8-14H2,(H4,21,22,24,25)/b5-4+. The molecule has 4 N–H and O–H groups in total. The van der Waals surface area contributed by atoms with Crippen LogP contribution in [0.15, 0.2) is 24.4 Å². The molecule has 0 aliphatic carbocycles. The molecule has 0 atom stereocenters. The normalized spacial score (nSPS) is 20.1. The Kier molecular flexibility index (Phi) is 5.87. The van der Waals surface area contributed by atoms with E-state index in [1.807, 2.05) is 12.1 Å². The third-order valence-corrected chi connectivity index (χ3v) is 5.78. The molecule has 2 aromatic rings. The van der Waals surface area contributed by atoms with Crippen LogP contribution in [-0.4, -0.2) is 68.3 Å². The summed E-state index contributed by atoms with van der Waals surface area (Å²) in [5, 5.41) is 4.06. The van der Waals surface area contributed by atoms with Gasteiger partial charge >= 0.3 is 0 Å². The summed E-state index contributed by atoms with van der Waals surface area (Å²) in [5.74, 6) is 0.418. The van der Waals surface area contributed by atoms with Crippen LogP contribution in [0, 0.1) is 0 Å². The first-order valence-electron chi connectivity index (χ1n) is 10.3. The van der Waals surface area contributed by atoms with Gasteiger partial charge in [0.1, 0.15) is 0 Å². The van der Waals surface area contributed by atoms with Gasteiger partial charge in [-0.15, -0.1) is 5.10 Å². The Labute approximate surface area is 166 Å². The largest absolute Gasteiger partial charge is 0.368 e. The van der Waals surface area contributed by atoms with Crippen LogP contribution < -0.4 is 11.5 Å². The number of hydrogen-bond donors (Lipinski definition) is 2. The maximum absolute atomic E-state index is 5.79. The lowest BCUT2D eigenvalue weighted by Crippen LogP contribution is -2.46. The van der Waals surface area contributed by atoms with E-state index in [1.54, 1.807) is 6.20 Å². The van der Waals surface area contributed by atoms with Gasteiger partial charge in [-0.2, -0.15) is 9.67 Å². The number of piperidine rings is 2. The van der Waals surface area contributed by atoms with E-state index < -0.39 is 0 Å². The Morgan fingerprint density at radius 1 is 1.04 bits per heavy atom. The first-order chi connectivity index (χ1) is 13.7. The molecule has 0 radical (unpaired) electrons. The number of rotatable bonds is 5. The van der Waals surface area contributed by atoms with Crippen molar-refractivity contribution in [2.24, 2.45) is 0 Å². The molecule has 0 spiro atoms. The SMILES string of the molecule is Nc1nc(N)n(-c2ccc(/C=C/CN3CCC(N4CCCCC4)CC3)nc2)n1. The zero-order valence-corrected chi connectivity index (χ0v) is 16.4. The average Bonchev–Trinajstić information content (AvgIpc) is 3.08. The van der Waals surface area contributed by atoms with E-state index in [1.165, 1.54) is 63.0 Å². The van der Waals surface area contributed by atoms with Crippen LogP contribution in [0.2, 0.25) is 0 Å². The lowest BCUT2D eigenvalue weighted by molar-refractivity contribution is 0.0975. The molecule has 0 saturated carbocycles. The lowest BCUT2D eigenvalue weighted by Gasteiger charge is -2.40. The van der Waals surface area contributed by atoms with Crippen molar-refractivity contribution >= 4 is 18.0 Å². The van der Waals surface area contributed by atoms with Crippen LogP contribution in [-0.2, 0) is 0 Å². The van der Waals surface area contributed by atoms with E-state index in [0.29, 0.717) is 0 Å². The highest BCUT2D eigenvalue weighted by Crippen LogP contribution is 2.20. The predicted octanol–water partition coefficient (Wildman–Crippen LogP) is 1.79. The third-order valence-electron chi connectivity index (χ3n) is 5.78. The molecule has 2 fully saturated rings. The van der Waals surface area contributed by atoms with Crippen molar-refractivity contribution in [3.8, 4) is 5.69 Å². The highest BCUT2D eigenvalue weighted by atomic mass is 15.4.